The maximum absolute atomic E-state index is 13.1. The maximum Gasteiger partial charge on any atom is 0.222 e. The number of furan rings is 1. The van der Waals surface area contributed by atoms with Gasteiger partial charge < -0.3 is 15.5 Å². The van der Waals surface area contributed by atoms with Crippen LogP contribution in [-0.2, 0) is 6.54 Å². The Morgan fingerprint density at radius 1 is 1.53 bits per heavy atom. The monoisotopic (exact) mass is 208 g/mol. The Balaban J connectivity index is 2.07. The van der Waals surface area contributed by atoms with Gasteiger partial charge in [0.2, 0.25) is 5.95 Å². The van der Waals surface area contributed by atoms with Gasteiger partial charge in [-0.3, -0.25) is 0 Å². The summed E-state index contributed by atoms with van der Waals surface area (Å²) in [5, 5.41) is 2.79. The highest BCUT2D eigenvalue weighted by Crippen LogP contribution is 2.11. The second kappa shape index (κ2) is 3.95. The van der Waals surface area contributed by atoms with Crippen molar-refractivity contribution in [3.05, 3.63) is 36.2 Å². The number of halogens is 1. The number of anilines is 2. The number of nitrogens with zero attached hydrogens (tertiary/aromatic N) is 2. The molecule has 3 N–H and O–H groups in total. The zero-order chi connectivity index (χ0) is 10.7. The van der Waals surface area contributed by atoms with Crippen LogP contribution in [-0.4, -0.2) is 9.97 Å². The van der Waals surface area contributed by atoms with Gasteiger partial charge in [-0.25, -0.2) is 9.37 Å². The summed E-state index contributed by atoms with van der Waals surface area (Å²) in [6, 6.07) is 1.77. The van der Waals surface area contributed by atoms with Crippen LogP contribution in [0.5, 0.6) is 0 Å². The molecule has 78 valence electrons. The van der Waals surface area contributed by atoms with Gasteiger partial charge in [-0.15, -0.1) is 0 Å². The van der Waals surface area contributed by atoms with Gasteiger partial charge >= 0.3 is 0 Å². The lowest BCUT2D eigenvalue weighted by Crippen LogP contribution is -2.06. The first-order valence-electron chi connectivity index (χ1n) is 4.28. The molecule has 0 aliphatic rings. The second-order valence-corrected chi connectivity index (χ2v) is 2.91. The molecule has 0 saturated heterocycles. The quantitative estimate of drug-likeness (QED) is 0.797. The fourth-order valence-electron chi connectivity index (χ4n) is 1.08. The summed E-state index contributed by atoms with van der Waals surface area (Å²) in [5.41, 5.74) is 6.22. The van der Waals surface area contributed by atoms with Crippen LogP contribution < -0.4 is 11.1 Å². The smallest absolute Gasteiger partial charge is 0.222 e. The van der Waals surface area contributed by atoms with E-state index in [1.807, 2.05) is 0 Å². The average molecular weight is 208 g/mol. The van der Waals surface area contributed by atoms with Crippen LogP contribution in [0.2, 0.25) is 0 Å². The van der Waals surface area contributed by atoms with Gasteiger partial charge in [0.15, 0.2) is 11.6 Å². The van der Waals surface area contributed by atoms with Gasteiger partial charge in [0.1, 0.15) is 0 Å². The summed E-state index contributed by atoms with van der Waals surface area (Å²) < 4.78 is 18.0. The molecule has 2 rings (SSSR count). The number of nitrogens with two attached hydrogens (primary N) is 1. The van der Waals surface area contributed by atoms with E-state index in [9.17, 15) is 4.39 Å². The van der Waals surface area contributed by atoms with Gasteiger partial charge in [0.05, 0.1) is 18.7 Å². The third kappa shape index (κ3) is 2.22. The second-order valence-electron chi connectivity index (χ2n) is 2.91. The Hall–Kier alpha value is -2.11. The number of nitrogens with one attached hydrogen (secondary N) is 1. The molecule has 0 saturated carbocycles. The van der Waals surface area contributed by atoms with Crippen LogP contribution in [0.4, 0.5) is 16.2 Å². The lowest BCUT2D eigenvalue weighted by Gasteiger charge is -2.04. The van der Waals surface area contributed by atoms with E-state index in [0.717, 1.165) is 11.8 Å². The Morgan fingerprint density at radius 3 is 3.13 bits per heavy atom. The van der Waals surface area contributed by atoms with E-state index in [0.29, 0.717) is 6.54 Å². The highest BCUT2D eigenvalue weighted by Gasteiger charge is 2.04. The van der Waals surface area contributed by atoms with Crippen molar-refractivity contribution in [3.63, 3.8) is 0 Å². The number of nitrogen functional groups attached to an aromatic ring is 1. The summed E-state index contributed by atoms with van der Waals surface area (Å²) in [7, 11) is 0. The first-order valence-corrected chi connectivity index (χ1v) is 4.28. The fourth-order valence-corrected chi connectivity index (χ4v) is 1.08. The van der Waals surface area contributed by atoms with Crippen molar-refractivity contribution in [2.75, 3.05) is 11.1 Å². The van der Waals surface area contributed by atoms with E-state index in [1.165, 1.54) is 0 Å². The molecule has 0 bridgehead atoms. The number of rotatable bonds is 3. The standard InChI is InChI=1S/C9H9FN4O/c10-7-4-13-9(11)14-8(7)12-3-6-1-2-15-5-6/h1-2,4-5H,3H2,(H3,11,12,13,14). The molecule has 0 atom stereocenters. The molecule has 2 aromatic rings. The molecule has 0 amide bonds. The van der Waals surface area contributed by atoms with Gasteiger partial charge in [-0.1, -0.05) is 0 Å². The first-order chi connectivity index (χ1) is 7.25. The minimum Gasteiger partial charge on any atom is -0.472 e. The van der Waals surface area contributed by atoms with Crippen LogP contribution in [0.25, 0.3) is 0 Å². The third-order valence-corrected chi connectivity index (χ3v) is 1.80. The summed E-state index contributed by atoms with van der Waals surface area (Å²) in [6.07, 6.45) is 4.14. The molecule has 0 radical (unpaired) electrons. The summed E-state index contributed by atoms with van der Waals surface area (Å²) in [5.74, 6) is -0.414. The SMILES string of the molecule is Nc1ncc(F)c(NCc2ccoc2)n1. The minimum absolute atomic E-state index is 0.0334. The van der Waals surface area contributed by atoms with Gasteiger partial charge in [-0.2, -0.15) is 4.98 Å². The van der Waals surface area contributed by atoms with E-state index in [4.69, 9.17) is 10.2 Å². The van der Waals surface area contributed by atoms with E-state index in [1.54, 1.807) is 18.6 Å². The molecule has 0 aromatic carbocycles. The molecule has 2 aromatic heterocycles. The highest BCUT2D eigenvalue weighted by atomic mass is 19.1. The summed E-state index contributed by atoms with van der Waals surface area (Å²) >= 11 is 0. The third-order valence-electron chi connectivity index (χ3n) is 1.80. The molecule has 2 heterocycles. The Morgan fingerprint density at radius 2 is 2.40 bits per heavy atom. The first kappa shape index (κ1) is 9.45. The normalized spacial score (nSPS) is 10.2. The van der Waals surface area contributed by atoms with Crippen molar-refractivity contribution in [2.24, 2.45) is 0 Å². The molecule has 15 heavy (non-hydrogen) atoms. The Labute approximate surface area is 85.1 Å². The van der Waals surface area contributed by atoms with Crippen molar-refractivity contribution in [1.82, 2.24) is 9.97 Å². The lowest BCUT2D eigenvalue weighted by atomic mass is 10.3. The maximum atomic E-state index is 13.1. The van der Waals surface area contributed by atoms with E-state index < -0.39 is 5.82 Å². The Kier molecular flexibility index (Phi) is 2.49. The van der Waals surface area contributed by atoms with Crippen molar-refractivity contribution < 1.29 is 8.81 Å². The summed E-state index contributed by atoms with van der Waals surface area (Å²) in [4.78, 5) is 7.24. The van der Waals surface area contributed by atoms with Crippen molar-refractivity contribution in [2.45, 2.75) is 6.54 Å². The highest BCUT2D eigenvalue weighted by molar-refractivity contribution is 5.39. The van der Waals surface area contributed by atoms with Crippen LogP contribution in [0.3, 0.4) is 0 Å². The zero-order valence-electron chi connectivity index (χ0n) is 7.77. The fraction of sp³-hybridized carbons (Fsp3) is 0.111. The molecule has 6 heteroatoms. The van der Waals surface area contributed by atoms with E-state index in [2.05, 4.69) is 15.3 Å². The predicted octanol–water partition coefficient (Wildman–Crippen LogP) is 1.40. The van der Waals surface area contributed by atoms with Gasteiger partial charge in [0.25, 0.3) is 0 Å². The zero-order valence-corrected chi connectivity index (χ0v) is 7.77. The average Bonchev–Trinajstić information content (AvgIpc) is 2.72. The van der Waals surface area contributed by atoms with Crippen LogP contribution in [0, 0.1) is 5.82 Å². The molecular formula is C9H9FN4O. The molecule has 0 aliphatic carbocycles. The van der Waals surface area contributed by atoms with Gasteiger partial charge in [0, 0.05) is 12.1 Å². The van der Waals surface area contributed by atoms with Crippen molar-refractivity contribution in [3.8, 4) is 0 Å². The minimum atomic E-state index is -0.535. The molecule has 0 aliphatic heterocycles. The molecule has 5 nitrogen and oxygen atoms in total. The van der Waals surface area contributed by atoms with Crippen molar-refractivity contribution >= 4 is 11.8 Å². The molecule has 0 unspecified atom stereocenters. The van der Waals surface area contributed by atoms with Gasteiger partial charge in [-0.05, 0) is 6.07 Å². The number of hydrogen-bond acceptors (Lipinski definition) is 5. The predicted molar refractivity (Wildman–Crippen MR) is 52.4 cm³/mol. The molecule has 0 spiro atoms. The van der Waals surface area contributed by atoms with E-state index in [-0.39, 0.29) is 11.8 Å². The van der Waals surface area contributed by atoms with Crippen LogP contribution in [0.1, 0.15) is 5.56 Å². The largest absolute Gasteiger partial charge is 0.472 e. The van der Waals surface area contributed by atoms with Crippen LogP contribution >= 0.6 is 0 Å². The summed E-state index contributed by atoms with van der Waals surface area (Å²) in [6.45, 7) is 0.421. The lowest BCUT2D eigenvalue weighted by molar-refractivity contribution is 0.564. The topological polar surface area (TPSA) is 77.0 Å². The van der Waals surface area contributed by atoms with Crippen molar-refractivity contribution in [1.29, 1.82) is 0 Å². The number of hydrogen-bond donors (Lipinski definition) is 2. The molecular weight excluding hydrogens is 199 g/mol. The molecule has 0 fully saturated rings. The number of aromatic nitrogens is 2. The van der Waals surface area contributed by atoms with Crippen LogP contribution in [0.15, 0.2) is 29.2 Å². The van der Waals surface area contributed by atoms with E-state index >= 15 is 0 Å². The Bertz CT molecular complexity index is 443.